The van der Waals surface area contributed by atoms with Gasteiger partial charge in [-0.05, 0) is 51.6 Å². The lowest BCUT2D eigenvalue weighted by molar-refractivity contribution is 0.0931. The van der Waals surface area contributed by atoms with E-state index in [0.29, 0.717) is 5.56 Å². The molecule has 0 fully saturated rings. The van der Waals surface area contributed by atoms with Gasteiger partial charge in [-0.25, -0.2) is 0 Å². The van der Waals surface area contributed by atoms with E-state index in [-0.39, 0.29) is 11.9 Å². The summed E-state index contributed by atoms with van der Waals surface area (Å²) in [4.78, 5) is 14.8. The lowest BCUT2D eigenvalue weighted by atomic mass is 10.1. The van der Waals surface area contributed by atoms with Crippen LogP contribution in [0.1, 0.15) is 43.6 Å². The van der Waals surface area contributed by atoms with Gasteiger partial charge in [-0.1, -0.05) is 19.9 Å². The predicted octanol–water partition coefficient (Wildman–Crippen LogP) is 2.89. The Morgan fingerprint density at radius 1 is 1.24 bits per heavy atom. The Labute approximate surface area is 128 Å². The summed E-state index contributed by atoms with van der Waals surface area (Å²) in [5.74, 6) is -0.00870. The van der Waals surface area contributed by atoms with Crippen molar-refractivity contribution in [3.05, 3.63) is 29.3 Å². The van der Waals surface area contributed by atoms with Crippen molar-refractivity contribution in [1.82, 2.24) is 10.2 Å². The molecule has 1 amide bonds. The van der Waals surface area contributed by atoms with Crippen molar-refractivity contribution in [3.63, 3.8) is 0 Å². The monoisotopic (exact) mass is 291 g/mol. The van der Waals surface area contributed by atoms with E-state index in [4.69, 9.17) is 0 Å². The molecule has 0 saturated carbocycles. The highest BCUT2D eigenvalue weighted by Crippen LogP contribution is 2.17. The lowest BCUT2D eigenvalue weighted by Crippen LogP contribution is -2.42. The second kappa shape index (κ2) is 8.67. The SMILES string of the molecule is CCNc1cc(C)ccc1C(=O)NC(C)CN(CC)CC. The van der Waals surface area contributed by atoms with E-state index in [9.17, 15) is 4.79 Å². The van der Waals surface area contributed by atoms with Gasteiger partial charge in [0, 0.05) is 24.8 Å². The van der Waals surface area contributed by atoms with Crippen LogP contribution in [0.2, 0.25) is 0 Å². The third kappa shape index (κ3) is 5.38. The van der Waals surface area contributed by atoms with Gasteiger partial charge in [0.25, 0.3) is 5.91 Å². The van der Waals surface area contributed by atoms with E-state index in [1.54, 1.807) is 0 Å². The third-order valence-corrected chi connectivity index (χ3v) is 3.59. The standard InChI is InChI=1S/C17H29N3O/c1-6-18-16-11-13(4)9-10-15(16)17(21)19-14(5)12-20(7-2)8-3/h9-11,14,18H,6-8,12H2,1-5H3,(H,19,21). The van der Waals surface area contributed by atoms with E-state index in [1.165, 1.54) is 0 Å². The van der Waals surface area contributed by atoms with Crippen molar-refractivity contribution >= 4 is 11.6 Å². The molecule has 118 valence electrons. The number of carbonyl (C=O) groups is 1. The minimum Gasteiger partial charge on any atom is -0.385 e. The Bertz CT molecular complexity index is 455. The van der Waals surface area contributed by atoms with Gasteiger partial charge in [0.2, 0.25) is 0 Å². The smallest absolute Gasteiger partial charge is 0.253 e. The van der Waals surface area contributed by atoms with Gasteiger partial charge >= 0.3 is 0 Å². The summed E-state index contributed by atoms with van der Waals surface area (Å²) in [6.45, 7) is 14.1. The van der Waals surface area contributed by atoms with Gasteiger partial charge in [0.15, 0.2) is 0 Å². The summed E-state index contributed by atoms with van der Waals surface area (Å²) in [6.07, 6.45) is 0. The Morgan fingerprint density at radius 3 is 2.48 bits per heavy atom. The fourth-order valence-corrected chi connectivity index (χ4v) is 2.41. The highest BCUT2D eigenvalue weighted by Gasteiger charge is 2.15. The molecule has 1 atom stereocenters. The number of anilines is 1. The molecule has 0 heterocycles. The van der Waals surface area contributed by atoms with E-state index in [2.05, 4.69) is 36.3 Å². The van der Waals surface area contributed by atoms with Crippen molar-refractivity contribution in [2.75, 3.05) is 31.5 Å². The van der Waals surface area contributed by atoms with Crippen molar-refractivity contribution in [1.29, 1.82) is 0 Å². The highest BCUT2D eigenvalue weighted by atomic mass is 16.1. The topological polar surface area (TPSA) is 44.4 Å². The molecule has 0 spiro atoms. The van der Waals surface area contributed by atoms with Crippen molar-refractivity contribution < 1.29 is 4.79 Å². The average Bonchev–Trinajstić information content (AvgIpc) is 2.45. The van der Waals surface area contributed by atoms with Crippen LogP contribution in [0, 0.1) is 6.92 Å². The van der Waals surface area contributed by atoms with E-state index in [0.717, 1.165) is 37.4 Å². The Morgan fingerprint density at radius 2 is 1.90 bits per heavy atom. The number of nitrogens with zero attached hydrogens (tertiary/aromatic N) is 1. The summed E-state index contributed by atoms with van der Waals surface area (Å²) < 4.78 is 0. The molecule has 2 N–H and O–H groups in total. The molecule has 1 aromatic rings. The summed E-state index contributed by atoms with van der Waals surface area (Å²) in [5.41, 5.74) is 2.78. The summed E-state index contributed by atoms with van der Waals surface area (Å²) >= 11 is 0. The van der Waals surface area contributed by atoms with Crippen LogP contribution in [0.25, 0.3) is 0 Å². The minimum absolute atomic E-state index is 0.00870. The molecule has 0 bridgehead atoms. The lowest BCUT2D eigenvalue weighted by Gasteiger charge is -2.23. The maximum Gasteiger partial charge on any atom is 0.253 e. The Balaban J connectivity index is 2.75. The van der Waals surface area contributed by atoms with Gasteiger partial charge in [0.1, 0.15) is 0 Å². The van der Waals surface area contributed by atoms with E-state index < -0.39 is 0 Å². The third-order valence-electron chi connectivity index (χ3n) is 3.59. The molecule has 0 saturated heterocycles. The Hall–Kier alpha value is -1.55. The summed E-state index contributed by atoms with van der Waals surface area (Å²) in [7, 11) is 0. The molecule has 1 rings (SSSR count). The van der Waals surface area contributed by atoms with Crippen LogP contribution in [-0.2, 0) is 0 Å². The fourth-order valence-electron chi connectivity index (χ4n) is 2.41. The maximum atomic E-state index is 12.5. The molecule has 1 aromatic carbocycles. The van der Waals surface area contributed by atoms with Crippen molar-refractivity contribution in [2.24, 2.45) is 0 Å². The normalized spacial score (nSPS) is 12.3. The van der Waals surface area contributed by atoms with Gasteiger partial charge < -0.3 is 15.5 Å². The second-order valence-electron chi connectivity index (χ2n) is 5.44. The molecule has 4 nitrogen and oxygen atoms in total. The Kier molecular flexibility index (Phi) is 7.23. The molecular formula is C17H29N3O. The number of hydrogen-bond acceptors (Lipinski definition) is 3. The van der Waals surface area contributed by atoms with Crippen LogP contribution in [0.4, 0.5) is 5.69 Å². The van der Waals surface area contributed by atoms with Crippen LogP contribution < -0.4 is 10.6 Å². The van der Waals surface area contributed by atoms with Gasteiger partial charge in [-0.2, -0.15) is 0 Å². The van der Waals surface area contributed by atoms with Crippen LogP contribution in [-0.4, -0.2) is 43.0 Å². The van der Waals surface area contributed by atoms with Crippen molar-refractivity contribution in [3.8, 4) is 0 Å². The first-order valence-corrected chi connectivity index (χ1v) is 7.89. The van der Waals surface area contributed by atoms with Gasteiger partial charge in [-0.3, -0.25) is 4.79 Å². The van der Waals surface area contributed by atoms with Crippen LogP contribution in [0.15, 0.2) is 18.2 Å². The zero-order chi connectivity index (χ0) is 15.8. The van der Waals surface area contributed by atoms with Crippen LogP contribution >= 0.6 is 0 Å². The molecule has 0 radical (unpaired) electrons. The highest BCUT2D eigenvalue weighted by molar-refractivity contribution is 5.99. The fraction of sp³-hybridized carbons (Fsp3) is 0.588. The molecule has 0 aliphatic heterocycles. The molecule has 1 unspecified atom stereocenters. The largest absolute Gasteiger partial charge is 0.385 e. The van der Waals surface area contributed by atoms with Gasteiger partial charge in [-0.15, -0.1) is 0 Å². The number of carbonyl (C=O) groups excluding carboxylic acids is 1. The number of nitrogens with one attached hydrogen (secondary N) is 2. The summed E-state index contributed by atoms with van der Waals surface area (Å²) in [5, 5.41) is 6.36. The second-order valence-corrected chi connectivity index (χ2v) is 5.44. The predicted molar refractivity (Wildman–Crippen MR) is 90.1 cm³/mol. The number of amides is 1. The molecule has 4 heteroatoms. The minimum atomic E-state index is -0.00870. The van der Waals surface area contributed by atoms with Crippen molar-refractivity contribution in [2.45, 2.75) is 40.7 Å². The molecule has 0 aliphatic carbocycles. The first-order valence-electron chi connectivity index (χ1n) is 7.89. The number of benzene rings is 1. The molecule has 0 aliphatic rings. The zero-order valence-corrected chi connectivity index (χ0v) is 14.0. The quantitative estimate of drug-likeness (QED) is 0.774. The maximum absolute atomic E-state index is 12.5. The van der Waals surface area contributed by atoms with Gasteiger partial charge in [0.05, 0.1) is 5.56 Å². The molecular weight excluding hydrogens is 262 g/mol. The summed E-state index contributed by atoms with van der Waals surface area (Å²) in [6, 6.07) is 6.03. The number of aryl methyl sites for hydroxylation is 1. The first-order chi connectivity index (χ1) is 10.0. The molecule has 21 heavy (non-hydrogen) atoms. The van der Waals surface area contributed by atoms with Crippen LogP contribution in [0.3, 0.4) is 0 Å². The average molecular weight is 291 g/mol. The number of hydrogen-bond donors (Lipinski definition) is 2. The molecule has 0 aromatic heterocycles. The first kappa shape index (κ1) is 17.5. The van der Waals surface area contributed by atoms with E-state index in [1.807, 2.05) is 32.0 Å². The number of rotatable bonds is 8. The number of likely N-dealkylation sites (N-methyl/N-ethyl adjacent to an activating group) is 1. The van der Waals surface area contributed by atoms with E-state index >= 15 is 0 Å². The zero-order valence-electron chi connectivity index (χ0n) is 14.0. The van der Waals surface area contributed by atoms with Crippen LogP contribution in [0.5, 0.6) is 0 Å².